The number of nitrogens with zero attached hydrogens (tertiary/aromatic N) is 3. The van der Waals surface area contributed by atoms with Gasteiger partial charge >= 0.3 is 0 Å². The maximum atomic E-state index is 13.3. The molecule has 8 heteroatoms. The highest BCUT2D eigenvalue weighted by Gasteiger charge is 2.32. The number of alkyl halides is 2. The van der Waals surface area contributed by atoms with E-state index in [-0.39, 0.29) is 17.4 Å². The Morgan fingerprint density at radius 1 is 1.40 bits per heavy atom. The molecule has 0 aromatic carbocycles. The topological polar surface area (TPSA) is 75.1 Å². The quantitative estimate of drug-likeness (QED) is 0.756. The first-order chi connectivity index (χ1) is 12.0. The van der Waals surface area contributed by atoms with Crippen molar-refractivity contribution in [2.75, 3.05) is 5.32 Å². The van der Waals surface area contributed by atoms with Crippen LogP contribution in [0.5, 0.6) is 0 Å². The Hall–Kier alpha value is -2.77. The zero-order chi connectivity index (χ0) is 17.6. The van der Waals surface area contributed by atoms with Crippen LogP contribution >= 0.6 is 0 Å². The Balaban J connectivity index is 1.62. The summed E-state index contributed by atoms with van der Waals surface area (Å²) in [7, 11) is 0. The number of anilines is 1. The lowest BCUT2D eigenvalue weighted by Gasteiger charge is -2.30. The number of carbonyl (C=O) groups excluding carboxylic acids is 1. The van der Waals surface area contributed by atoms with Crippen molar-refractivity contribution in [2.45, 2.75) is 32.1 Å². The Bertz CT molecular complexity index is 926. The molecule has 1 aliphatic carbocycles. The lowest BCUT2D eigenvalue weighted by molar-refractivity contribution is 0.102. The fraction of sp³-hybridized carbons (Fsp3) is 0.353. The summed E-state index contributed by atoms with van der Waals surface area (Å²) in [6.07, 6.45) is 4.11. The summed E-state index contributed by atoms with van der Waals surface area (Å²) in [5.74, 6) is 0.619. The van der Waals surface area contributed by atoms with Crippen LogP contribution < -0.4 is 5.32 Å². The highest BCUT2D eigenvalue weighted by molar-refractivity contribution is 6.08. The van der Waals surface area contributed by atoms with Crippen LogP contribution in [-0.2, 0) is 0 Å². The zero-order valence-corrected chi connectivity index (χ0v) is 13.5. The van der Waals surface area contributed by atoms with Crippen molar-refractivity contribution in [2.24, 2.45) is 5.92 Å². The van der Waals surface area contributed by atoms with Crippen molar-refractivity contribution >= 4 is 17.4 Å². The smallest absolute Gasteiger partial charge is 0.281 e. The maximum Gasteiger partial charge on any atom is 0.281 e. The van der Waals surface area contributed by atoms with Gasteiger partial charge in [-0.05, 0) is 30.9 Å². The van der Waals surface area contributed by atoms with Gasteiger partial charge in [0, 0.05) is 24.5 Å². The lowest BCUT2D eigenvalue weighted by Crippen LogP contribution is -2.20. The van der Waals surface area contributed by atoms with Crippen molar-refractivity contribution in [3.8, 4) is 0 Å². The summed E-state index contributed by atoms with van der Waals surface area (Å²) >= 11 is 0. The molecule has 3 aromatic heterocycles. The molecule has 3 heterocycles. The minimum Gasteiger partial charge on any atom is -0.339 e. The molecule has 25 heavy (non-hydrogen) atoms. The van der Waals surface area contributed by atoms with Crippen LogP contribution in [0.1, 0.15) is 54.0 Å². The molecule has 0 spiro atoms. The Morgan fingerprint density at radius 2 is 2.20 bits per heavy atom. The van der Waals surface area contributed by atoms with Crippen LogP contribution in [0.15, 0.2) is 30.7 Å². The number of imidazole rings is 1. The van der Waals surface area contributed by atoms with E-state index >= 15 is 0 Å². The maximum absolute atomic E-state index is 13.3. The second-order valence-electron chi connectivity index (χ2n) is 6.49. The van der Waals surface area contributed by atoms with Crippen LogP contribution in [-0.4, -0.2) is 25.3 Å². The molecule has 0 unspecified atom stereocenters. The van der Waals surface area contributed by atoms with Gasteiger partial charge in [-0.25, -0.2) is 18.7 Å². The summed E-state index contributed by atoms with van der Waals surface area (Å²) in [4.78, 5) is 23.6. The second kappa shape index (κ2) is 5.94. The van der Waals surface area contributed by atoms with Crippen molar-refractivity contribution in [1.29, 1.82) is 0 Å². The minimum atomic E-state index is -2.74. The number of hydrogen-bond acceptors (Lipinski definition) is 3. The van der Waals surface area contributed by atoms with E-state index in [9.17, 15) is 13.6 Å². The van der Waals surface area contributed by atoms with E-state index < -0.39 is 12.3 Å². The monoisotopic (exact) mass is 345 g/mol. The molecule has 4 rings (SSSR count). The van der Waals surface area contributed by atoms with Gasteiger partial charge in [-0.3, -0.25) is 4.79 Å². The number of aromatic amines is 1. The number of amides is 1. The van der Waals surface area contributed by atoms with Gasteiger partial charge in [-0.2, -0.15) is 0 Å². The molecule has 1 fully saturated rings. The number of hydrogen-bond donors (Lipinski definition) is 2. The molecule has 1 saturated carbocycles. The fourth-order valence-electron chi connectivity index (χ4n) is 3.27. The number of H-pyrrole nitrogens is 1. The first kappa shape index (κ1) is 15.7. The number of halogens is 2. The number of fused-ring (bicyclic) bond motifs is 1. The van der Waals surface area contributed by atoms with Crippen LogP contribution in [0, 0.1) is 5.92 Å². The second-order valence-corrected chi connectivity index (χ2v) is 6.49. The number of aromatic nitrogens is 4. The van der Waals surface area contributed by atoms with E-state index in [0.717, 1.165) is 12.8 Å². The average molecular weight is 345 g/mol. The largest absolute Gasteiger partial charge is 0.339 e. The molecule has 0 atom stereocenters. The summed E-state index contributed by atoms with van der Waals surface area (Å²) in [6.45, 7) is 2.11. The van der Waals surface area contributed by atoms with Crippen LogP contribution in [0.4, 0.5) is 14.6 Å². The highest BCUT2D eigenvalue weighted by atomic mass is 19.3. The predicted octanol–water partition coefficient (Wildman–Crippen LogP) is 3.76. The molecule has 0 bridgehead atoms. The van der Waals surface area contributed by atoms with Gasteiger partial charge in [-0.1, -0.05) is 6.92 Å². The molecular formula is C17H17F2N5O. The normalized spacial score (nSPS) is 20.0. The molecule has 1 aliphatic rings. The predicted molar refractivity (Wildman–Crippen MR) is 87.8 cm³/mol. The molecule has 3 aromatic rings. The van der Waals surface area contributed by atoms with Gasteiger partial charge in [0.2, 0.25) is 0 Å². The van der Waals surface area contributed by atoms with Crippen molar-refractivity contribution in [3.05, 3.63) is 47.8 Å². The first-order valence-corrected chi connectivity index (χ1v) is 8.14. The standard InChI is InChI=1S/C17H17F2N5O/c1-9-7-10(8-9)14-21-12(13(18)19)15(22-14)23-17(25)11-3-6-24-5-2-4-20-16(11)24/h2-6,9-10,13H,7-8H2,1H3,(H,21,22)(H,23,25). The van der Waals surface area contributed by atoms with Crippen LogP contribution in [0.2, 0.25) is 0 Å². The van der Waals surface area contributed by atoms with Crippen molar-refractivity contribution in [1.82, 2.24) is 19.4 Å². The van der Waals surface area contributed by atoms with E-state index in [1.165, 1.54) is 0 Å². The molecule has 2 N–H and O–H groups in total. The summed E-state index contributed by atoms with van der Waals surface area (Å²) in [6, 6.07) is 3.34. The van der Waals surface area contributed by atoms with Crippen molar-refractivity contribution in [3.63, 3.8) is 0 Å². The number of nitrogens with one attached hydrogen (secondary N) is 2. The molecule has 1 amide bonds. The SMILES string of the molecule is CC1CC(c2nc(NC(=O)c3ccn4cccnc34)c(C(F)F)[nH]2)C1. The number of carbonyl (C=O) groups is 1. The Kier molecular flexibility index (Phi) is 3.74. The van der Waals surface area contributed by atoms with Gasteiger partial charge in [0.25, 0.3) is 12.3 Å². The highest BCUT2D eigenvalue weighted by Crippen LogP contribution is 2.41. The molecule has 0 saturated heterocycles. The van der Waals surface area contributed by atoms with E-state index in [0.29, 0.717) is 23.0 Å². The van der Waals surface area contributed by atoms with Gasteiger partial charge in [0.15, 0.2) is 5.82 Å². The fourth-order valence-corrected chi connectivity index (χ4v) is 3.27. The Morgan fingerprint density at radius 3 is 2.92 bits per heavy atom. The molecular weight excluding hydrogens is 328 g/mol. The van der Waals surface area contributed by atoms with E-state index in [2.05, 4.69) is 27.2 Å². The van der Waals surface area contributed by atoms with Crippen LogP contribution in [0.3, 0.4) is 0 Å². The molecule has 0 aliphatic heterocycles. The van der Waals surface area contributed by atoms with Gasteiger partial charge in [0.1, 0.15) is 17.2 Å². The van der Waals surface area contributed by atoms with E-state index in [1.54, 1.807) is 35.1 Å². The van der Waals surface area contributed by atoms with Crippen LogP contribution in [0.25, 0.3) is 5.65 Å². The van der Waals surface area contributed by atoms with Gasteiger partial charge in [0.05, 0.1) is 5.56 Å². The first-order valence-electron chi connectivity index (χ1n) is 8.14. The Labute approximate surface area is 142 Å². The van der Waals surface area contributed by atoms with Gasteiger partial charge in [-0.15, -0.1) is 0 Å². The molecule has 6 nitrogen and oxygen atoms in total. The molecule has 130 valence electrons. The van der Waals surface area contributed by atoms with Gasteiger partial charge < -0.3 is 14.7 Å². The number of rotatable bonds is 4. The van der Waals surface area contributed by atoms with E-state index in [1.807, 2.05) is 0 Å². The average Bonchev–Trinajstić information content (AvgIpc) is 3.15. The molecule has 0 radical (unpaired) electrons. The third-order valence-electron chi connectivity index (χ3n) is 4.62. The van der Waals surface area contributed by atoms with Crippen molar-refractivity contribution < 1.29 is 13.6 Å². The summed E-state index contributed by atoms with van der Waals surface area (Å²) < 4.78 is 28.3. The third-order valence-corrected chi connectivity index (χ3v) is 4.62. The summed E-state index contributed by atoms with van der Waals surface area (Å²) in [5.41, 5.74) is 0.421. The lowest BCUT2D eigenvalue weighted by atomic mass is 9.76. The zero-order valence-electron chi connectivity index (χ0n) is 13.5. The van der Waals surface area contributed by atoms with E-state index in [4.69, 9.17) is 0 Å². The third kappa shape index (κ3) is 2.77. The summed E-state index contributed by atoms with van der Waals surface area (Å²) in [5, 5.41) is 2.51. The minimum absolute atomic E-state index is 0.107.